The lowest BCUT2D eigenvalue weighted by Crippen LogP contribution is -2.36. The van der Waals surface area contributed by atoms with E-state index in [-0.39, 0.29) is 31.0 Å². The zero-order valence-corrected chi connectivity index (χ0v) is 31.3. The van der Waals surface area contributed by atoms with Gasteiger partial charge in [-0.2, -0.15) is 5.26 Å². The predicted octanol–water partition coefficient (Wildman–Crippen LogP) is 7.80. The summed E-state index contributed by atoms with van der Waals surface area (Å²) in [5, 5.41) is 34.1. The number of halogens is 2. The van der Waals surface area contributed by atoms with Gasteiger partial charge in [-0.1, -0.05) is 53.5 Å². The first-order chi connectivity index (χ1) is 25.9. The Bertz CT molecular complexity index is 1930. The second-order valence-electron chi connectivity index (χ2n) is 14.3. The Labute approximate surface area is 321 Å². The van der Waals surface area contributed by atoms with Crippen LogP contribution in [0.1, 0.15) is 78.9 Å². The molecule has 11 heteroatoms. The SMILES string of the molecule is N#Cc1cncc(COc2cc(O[C@H]3CCc4c(-c5cccc(OCCCN6CCC(O)CC6)c5Cl)cccc43)c(Cl)cc2CN[C@H]2CCC[C@H]2O)c1. The number of hydrogen-bond donors (Lipinski definition) is 3. The highest BCUT2D eigenvalue weighted by Crippen LogP contribution is 2.45. The number of ether oxygens (including phenoxy) is 3. The molecule has 1 saturated carbocycles. The van der Waals surface area contributed by atoms with E-state index in [0.29, 0.717) is 46.0 Å². The fourth-order valence-corrected chi connectivity index (χ4v) is 8.25. The zero-order valence-electron chi connectivity index (χ0n) is 29.8. The molecule has 0 bridgehead atoms. The molecule has 1 aliphatic heterocycles. The Morgan fingerprint density at radius 2 is 1.74 bits per heavy atom. The lowest BCUT2D eigenvalue weighted by Gasteiger charge is -2.29. The van der Waals surface area contributed by atoms with Crippen molar-refractivity contribution in [3.8, 4) is 34.4 Å². The smallest absolute Gasteiger partial charge is 0.142 e. The Kier molecular flexibility index (Phi) is 12.4. The fourth-order valence-electron chi connectivity index (χ4n) is 7.73. The molecule has 3 aliphatic rings. The van der Waals surface area contributed by atoms with Gasteiger partial charge in [0, 0.05) is 67.4 Å². The molecule has 53 heavy (non-hydrogen) atoms. The van der Waals surface area contributed by atoms with E-state index in [0.717, 1.165) is 98.8 Å². The summed E-state index contributed by atoms with van der Waals surface area (Å²) in [4.78, 5) is 6.55. The summed E-state index contributed by atoms with van der Waals surface area (Å²) in [5.74, 6) is 1.80. The van der Waals surface area contributed by atoms with Gasteiger partial charge in [0.05, 0.1) is 34.4 Å². The number of aliphatic hydroxyl groups excluding tert-OH is 2. The molecule has 2 heterocycles. The number of fused-ring (bicyclic) bond motifs is 1. The van der Waals surface area contributed by atoms with Gasteiger partial charge in [0.1, 0.15) is 36.0 Å². The quantitative estimate of drug-likeness (QED) is 0.111. The van der Waals surface area contributed by atoms with E-state index in [9.17, 15) is 15.5 Å². The number of nitriles is 1. The van der Waals surface area contributed by atoms with Crippen molar-refractivity contribution < 1.29 is 24.4 Å². The van der Waals surface area contributed by atoms with E-state index in [1.54, 1.807) is 12.3 Å². The van der Waals surface area contributed by atoms with Crippen molar-refractivity contribution in [1.29, 1.82) is 5.26 Å². The van der Waals surface area contributed by atoms with Crippen LogP contribution < -0.4 is 19.5 Å². The van der Waals surface area contributed by atoms with E-state index in [1.807, 2.05) is 36.4 Å². The van der Waals surface area contributed by atoms with Gasteiger partial charge >= 0.3 is 0 Å². The summed E-state index contributed by atoms with van der Waals surface area (Å²) in [5.41, 5.74) is 6.37. The number of piperidine rings is 1. The first-order valence-corrected chi connectivity index (χ1v) is 19.4. The van der Waals surface area contributed by atoms with E-state index < -0.39 is 0 Å². The number of rotatable bonds is 14. The van der Waals surface area contributed by atoms with Gasteiger partial charge in [0.25, 0.3) is 0 Å². The van der Waals surface area contributed by atoms with Gasteiger partial charge in [-0.25, -0.2) is 0 Å². The molecule has 278 valence electrons. The van der Waals surface area contributed by atoms with Crippen LogP contribution in [0.3, 0.4) is 0 Å². The Balaban J connectivity index is 1.06. The predicted molar refractivity (Wildman–Crippen MR) is 206 cm³/mol. The summed E-state index contributed by atoms with van der Waals surface area (Å²) < 4.78 is 19.2. The van der Waals surface area contributed by atoms with Gasteiger partial charge in [-0.3, -0.25) is 4.98 Å². The number of pyridine rings is 1. The number of aliphatic hydroxyl groups is 2. The van der Waals surface area contributed by atoms with E-state index in [4.69, 9.17) is 37.4 Å². The van der Waals surface area contributed by atoms with Crippen molar-refractivity contribution in [3.63, 3.8) is 0 Å². The van der Waals surface area contributed by atoms with Crippen LogP contribution in [-0.4, -0.2) is 64.6 Å². The second kappa shape index (κ2) is 17.5. The molecule has 3 aromatic carbocycles. The minimum Gasteiger partial charge on any atom is -0.492 e. The lowest BCUT2D eigenvalue weighted by molar-refractivity contribution is 0.0800. The third-order valence-corrected chi connectivity index (χ3v) is 11.3. The molecule has 1 saturated heterocycles. The van der Waals surface area contributed by atoms with Crippen molar-refractivity contribution in [2.24, 2.45) is 0 Å². The number of aromatic nitrogens is 1. The molecule has 3 atom stereocenters. The zero-order chi connectivity index (χ0) is 36.7. The summed E-state index contributed by atoms with van der Waals surface area (Å²) in [6, 6.07) is 19.8. The van der Waals surface area contributed by atoms with Crippen LogP contribution in [0.4, 0.5) is 0 Å². The maximum atomic E-state index is 10.4. The molecule has 0 amide bonds. The van der Waals surface area contributed by atoms with Crippen LogP contribution in [0.5, 0.6) is 17.2 Å². The number of likely N-dealkylation sites (tertiary alicyclic amines) is 1. The fraction of sp³-hybridized carbons (Fsp3) is 0.429. The maximum absolute atomic E-state index is 10.4. The van der Waals surface area contributed by atoms with Crippen molar-refractivity contribution in [1.82, 2.24) is 15.2 Å². The highest BCUT2D eigenvalue weighted by atomic mass is 35.5. The van der Waals surface area contributed by atoms with Gasteiger partial charge < -0.3 is 34.6 Å². The number of nitrogens with one attached hydrogen (secondary N) is 1. The lowest BCUT2D eigenvalue weighted by atomic mass is 9.96. The molecular weight excluding hydrogens is 711 g/mol. The highest BCUT2D eigenvalue weighted by Gasteiger charge is 2.29. The van der Waals surface area contributed by atoms with Crippen molar-refractivity contribution >= 4 is 23.2 Å². The summed E-state index contributed by atoms with van der Waals surface area (Å²) in [6.07, 6.45) is 9.28. The van der Waals surface area contributed by atoms with Crippen LogP contribution in [0.2, 0.25) is 10.0 Å². The Hall–Kier alpha value is -3.88. The maximum Gasteiger partial charge on any atom is 0.142 e. The van der Waals surface area contributed by atoms with Crippen LogP contribution >= 0.6 is 23.2 Å². The third-order valence-electron chi connectivity index (χ3n) is 10.6. The minimum absolute atomic E-state index is 0.0139. The van der Waals surface area contributed by atoms with Crippen LogP contribution in [0, 0.1) is 11.3 Å². The van der Waals surface area contributed by atoms with Crippen molar-refractivity contribution in [2.45, 2.75) is 88.9 Å². The van der Waals surface area contributed by atoms with Crippen molar-refractivity contribution in [2.75, 3.05) is 26.2 Å². The van der Waals surface area contributed by atoms with E-state index >= 15 is 0 Å². The Morgan fingerprint density at radius 1 is 0.906 bits per heavy atom. The molecular formula is C42H46Cl2N4O5. The standard InChI is InChI=1S/C42H46Cl2N4O5/c43-35-20-29(25-47-36-8-3-9-37(36)50)40(52-26-28-19-27(22-45)23-46-24-28)21-41(35)53-38-12-11-32-31(5-1-6-33(32)38)34-7-2-10-39(42(34)44)51-18-4-15-48-16-13-30(49)14-17-48/h1-2,5-7,10,19-21,23-24,30,36-38,47,49-50H,3-4,8-9,11-18,25-26H2/t36-,37+,38-/m0/s1. The normalized spacial score (nSPS) is 20.2. The van der Waals surface area contributed by atoms with Crippen LogP contribution in [0.15, 0.2) is 67.0 Å². The molecule has 0 radical (unpaired) electrons. The number of benzene rings is 3. The molecule has 7 rings (SSSR count). The topological polar surface area (TPSA) is 120 Å². The van der Waals surface area contributed by atoms with Crippen LogP contribution in [0.25, 0.3) is 11.1 Å². The monoisotopic (exact) mass is 756 g/mol. The Morgan fingerprint density at radius 3 is 2.55 bits per heavy atom. The molecule has 0 spiro atoms. The minimum atomic E-state index is -0.374. The third kappa shape index (κ3) is 9.09. The van der Waals surface area contributed by atoms with Gasteiger partial charge in [0.15, 0.2) is 0 Å². The summed E-state index contributed by atoms with van der Waals surface area (Å²) >= 11 is 13.9. The molecule has 2 aliphatic carbocycles. The van der Waals surface area contributed by atoms with Crippen molar-refractivity contribution in [3.05, 3.63) is 105 Å². The molecule has 1 aromatic heterocycles. The molecule has 9 nitrogen and oxygen atoms in total. The largest absolute Gasteiger partial charge is 0.492 e. The average Bonchev–Trinajstić information content (AvgIpc) is 3.79. The van der Waals surface area contributed by atoms with Gasteiger partial charge in [-0.05, 0) is 86.3 Å². The molecule has 4 aromatic rings. The van der Waals surface area contributed by atoms with Gasteiger partial charge in [0.2, 0.25) is 0 Å². The molecule has 3 N–H and O–H groups in total. The van der Waals surface area contributed by atoms with Crippen LogP contribution in [-0.2, 0) is 19.6 Å². The van der Waals surface area contributed by atoms with E-state index in [1.165, 1.54) is 11.8 Å². The second-order valence-corrected chi connectivity index (χ2v) is 15.1. The first-order valence-electron chi connectivity index (χ1n) is 18.7. The summed E-state index contributed by atoms with van der Waals surface area (Å²) in [6.45, 7) is 4.04. The molecule has 2 fully saturated rings. The number of hydrogen-bond acceptors (Lipinski definition) is 9. The average molecular weight is 758 g/mol. The van der Waals surface area contributed by atoms with E-state index in [2.05, 4.69) is 33.4 Å². The highest BCUT2D eigenvalue weighted by molar-refractivity contribution is 6.35. The van der Waals surface area contributed by atoms with Gasteiger partial charge in [-0.15, -0.1) is 0 Å². The summed E-state index contributed by atoms with van der Waals surface area (Å²) in [7, 11) is 0. The molecule has 0 unspecified atom stereocenters. The number of nitrogens with zero attached hydrogens (tertiary/aromatic N) is 3. The first kappa shape index (κ1) is 37.4.